The number of likely N-dealkylation sites (tertiary alicyclic amines) is 1. The van der Waals surface area contributed by atoms with Crippen molar-refractivity contribution in [1.82, 2.24) is 9.80 Å². The summed E-state index contributed by atoms with van der Waals surface area (Å²) in [7, 11) is -2.93. The number of morpholine rings is 1. The zero-order valence-corrected chi connectivity index (χ0v) is 15.6. The van der Waals surface area contributed by atoms with Gasteiger partial charge in [-0.1, -0.05) is 12.1 Å². The van der Waals surface area contributed by atoms with Gasteiger partial charge < -0.3 is 4.74 Å². The first-order chi connectivity index (χ1) is 11.8. The molecule has 25 heavy (non-hydrogen) atoms. The molecule has 2 fully saturated rings. The van der Waals surface area contributed by atoms with E-state index in [1.165, 1.54) is 18.4 Å². The van der Waals surface area contributed by atoms with Crippen LogP contribution in [-0.2, 0) is 21.1 Å². The van der Waals surface area contributed by atoms with E-state index >= 15 is 0 Å². The molecule has 1 spiro atoms. The van der Waals surface area contributed by atoms with Gasteiger partial charge in [0.05, 0.1) is 18.0 Å². The van der Waals surface area contributed by atoms with Gasteiger partial charge in [-0.15, -0.1) is 0 Å². The average Bonchev–Trinajstić information content (AvgIpc) is 2.57. The third-order valence-electron chi connectivity index (χ3n) is 5.19. The molecule has 0 aliphatic carbocycles. The number of hydrogen-bond acceptors (Lipinski definition) is 5. The topological polar surface area (TPSA) is 49.9 Å². The molecule has 0 N–H and O–H groups in total. The van der Waals surface area contributed by atoms with Gasteiger partial charge in [-0.25, -0.2) is 12.8 Å². The molecule has 0 amide bonds. The van der Waals surface area contributed by atoms with Crippen molar-refractivity contribution < 1.29 is 17.5 Å². The van der Waals surface area contributed by atoms with Gasteiger partial charge in [-0.2, -0.15) is 0 Å². The zero-order chi connectivity index (χ0) is 17.9. The Morgan fingerprint density at radius 1 is 1.12 bits per heavy atom. The maximum Gasteiger partial charge on any atom is 0.148 e. The van der Waals surface area contributed by atoms with E-state index in [9.17, 15) is 12.8 Å². The van der Waals surface area contributed by atoms with Crippen LogP contribution in [-0.4, -0.2) is 75.2 Å². The number of benzene rings is 1. The Morgan fingerprint density at radius 3 is 2.44 bits per heavy atom. The second kappa shape index (κ2) is 7.70. The molecule has 0 aromatic heterocycles. The van der Waals surface area contributed by atoms with Crippen molar-refractivity contribution in [3.05, 3.63) is 35.6 Å². The molecule has 7 heteroatoms. The highest BCUT2D eigenvalue weighted by atomic mass is 32.2. The van der Waals surface area contributed by atoms with Crippen molar-refractivity contribution in [3.63, 3.8) is 0 Å². The Balaban J connectivity index is 1.50. The predicted octanol–water partition coefficient (Wildman–Crippen LogP) is 1.54. The number of halogens is 1. The van der Waals surface area contributed by atoms with Crippen LogP contribution in [0.1, 0.15) is 18.4 Å². The van der Waals surface area contributed by atoms with Crippen LogP contribution in [0.15, 0.2) is 24.3 Å². The monoisotopic (exact) mass is 370 g/mol. The number of rotatable bonds is 5. The highest BCUT2D eigenvalue weighted by Gasteiger charge is 2.39. The molecule has 0 atom stereocenters. The van der Waals surface area contributed by atoms with Crippen LogP contribution in [0, 0.1) is 5.82 Å². The molecule has 0 radical (unpaired) electrons. The number of hydrogen-bond donors (Lipinski definition) is 0. The van der Waals surface area contributed by atoms with Gasteiger partial charge in [0.2, 0.25) is 0 Å². The van der Waals surface area contributed by atoms with Crippen LogP contribution < -0.4 is 0 Å². The van der Waals surface area contributed by atoms with Gasteiger partial charge in [0.15, 0.2) is 0 Å². The first-order valence-corrected chi connectivity index (χ1v) is 10.9. The standard InChI is InChI=1S/C18H27FN2O3S/c1-25(22,23)13-11-21-10-12-24-18(15-21)6-8-20(9-7-18)14-16-2-4-17(19)5-3-16/h2-5H,6-15H2,1H3. The molecule has 0 unspecified atom stereocenters. The Bertz CT molecular complexity index is 670. The summed E-state index contributed by atoms with van der Waals surface area (Å²) < 4.78 is 41.9. The predicted molar refractivity (Wildman–Crippen MR) is 95.7 cm³/mol. The van der Waals surface area contributed by atoms with E-state index in [1.807, 2.05) is 12.1 Å². The summed E-state index contributed by atoms with van der Waals surface area (Å²) in [6.07, 6.45) is 3.18. The van der Waals surface area contributed by atoms with E-state index in [0.717, 1.165) is 51.1 Å². The van der Waals surface area contributed by atoms with Crippen molar-refractivity contribution in [2.24, 2.45) is 0 Å². The van der Waals surface area contributed by atoms with Crippen molar-refractivity contribution in [3.8, 4) is 0 Å². The summed E-state index contributed by atoms with van der Waals surface area (Å²) >= 11 is 0. The first kappa shape index (κ1) is 18.8. The van der Waals surface area contributed by atoms with E-state index in [2.05, 4.69) is 9.80 Å². The lowest BCUT2D eigenvalue weighted by Gasteiger charge is -2.47. The van der Waals surface area contributed by atoms with Gasteiger partial charge in [0.25, 0.3) is 0 Å². The van der Waals surface area contributed by atoms with Crippen LogP contribution in [0.3, 0.4) is 0 Å². The normalized spacial score (nSPS) is 22.3. The summed E-state index contributed by atoms with van der Waals surface area (Å²) in [5.74, 6) is 0.00546. The van der Waals surface area contributed by atoms with E-state index in [0.29, 0.717) is 13.2 Å². The SMILES string of the molecule is CS(=O)(=O)CCN1CCOC2(CCN(Cc3ccc(F)cc3)CC2)C1. The molecule has 2 saturated heterocycles. The van der Waals surface area contributed by atoms with Gasteiger partial charge in [0.1, 0.15) is 15.7 Å². The molecule has 2 aliphatic heterocycles. The lowest BCUT2D eigenvalue weighted by atomic mass is 9.89. The maximum atomic E-state index is 13.0. The summed E-state index contributed by atoms with van der Waals surface area (Å²) in [6.45, 7) is 5.58. The molecule has 140 valence electrons. The zero-order valence-electron chi connectivity index (χ0n) is 14.8. The van der Waals surface area contributed by atoms with Crippen LogP contribution in [0.5, 0.6) is 0 Å². The number of ether oxygens (including phenoxy) is 1. The summed E-state index contributed by atoms with van der Waals surface area (Å²) in [5, 5.41) is 0. The molecular formula is C18H27FN2O3S. The number of piperidine rings is 1. The molecular weight excluding hydrogens is 343 g/mol. The van der Waals surface area contributed by atoms with Crippen LogP contribution in [0.4, 0.5) is 4.39 Å². The van der Waals surface area contributed by atoms with Crippen LogP contribution in [0.25, 0.3) is 0 Å². The van der Waals surface area contributed by atoms with Crippen molar-refractivity contribution >= 4 is 9.84 Å². The molecule has 0 bridgehead atoms. The lowest BCUT2D eigenvalue weighted by Crippen LogP contribution is -2.57. The Morgan fingerprint density at radius 2 is 1.80 bits per heavy atom. The fourth-order valence-corrected chi connectivity index (χ4v) is 4.27. The fourth-order valence-electron chi connectivity index (χ4n) is 3.68. The third-order valence-corrected chi connectivity index (χ3v) is 6.12. The van der Waals surface area contributed by atoms with E-state index in [1.54, 1.807) is 0 Å². The van der Waals surface area contributed by atoms with Crippen LogP contribution >= 0.6 is 0 Å². The smallest absolute Gasteiger partial charge is 0.148 e. The molecule has 2 heterocycles. The van der Waals surface area contributed by atoms with Crippen molar-refractivity contribution in [2.75, 3.05) is 51.3 Å². The Kier molecular flexibility index (Phi) is 5.78. The summed E-state index contributed by atoms with van der Waals surface area (Å²) in [4.78, 5) is 4.59. The van der Waals surface area contributed by atoms with Gasteiger partial charge in [-0.05, 0) is 30.5 Å². The molecule has 3 rings (SSSR count). The highest BCUT2D eigenvalue weighted by Crippen LogP contribution is 2.30. The average molecular weight is 370 g/mol. The minimum absolute atomic E-state index is 0.144. The fraction of sp³-hybridized carbons (Fsp3) is 0.667. The van der Waals surface area contributed by atoms with Crippen LogP contribution in [0.2, 0.25) is 0 Å². The molecule has 0 saturated carbocycles. The molecule has 5 nitrogen and oxygen atoms in total. The van der Waals surface area contributed by atoms with Gasteiger partial charge in [-0.3, -0.25) is 9.80 Å². The van der Waals surface area contributed by atoms with E-state index < -0.39 is 9.84 Å². The van der Waals surface area contributed by atoms with E-state index in [4.69, 9.17) is 4.74 Å². The van der Waals surface area contributed by atoms with Crippen molar-refractivity contribution in [1.29, 1.82) is 0 Å². The largest absolute Gasteiger partial charge is 0.372 e. The minimum Gasteiger partial charge on any atom is -0.372 e. The van der Waals surface area contributed by atoms with E-state index in [-0.39, 0.29) is 17.2 Å². The first-order valence-electron chi connectivity index (χ1n) is 8.84. The highest BCUT2D eigenvalue weighted by molar-refractivity contribution is 7.90. The second-order valence-electron chi connectivity index (χ2n) is 7.34. The maximum absolute atomic E-state index is 13.0. The quantitative estimate of drug-likeness (QED) is 0.787. The second-order valence-corrected chi connectivity index (χ2v) is 9.60. The lowest BCUT2D eigenvalue weighted by molar-refractivity contribution is -0.135. The minimum atomic E-state index is -2.93. The molecule has 1 aromatic carbocycles. The third kappa shape index (κ3) is 5.48. The van der Waals surface area contributed by atoms with Crippen molar-refractivity contribution in [2.45, 2.75) is 25.0 Å². The molecule has 1 aromatic rings. The Labute approximate surface area is 149 Å². The molecule has 2 aliphatic rings. The Hall–Kier alpha value is -1.02. The number of nitrogens with zero attached hydrogens (tertiary/aromatic N) is 2. The summed E-state index contributed by atoms with van der Waals surface area (Å²) in [6, 6.07) is 6.68. The number of sulfone groups is 1. The van der Waals surface area contributed by atoms with Gasteiger partial charge >= 0.3 is 0 Å². The summed E-state index contributed by atoms with van der Waals surface area (Å²) in [5.41, 5.74) is 0.978. The van der Waals surface area contributed by atoms with Gasteiger partial charge in [0, 0.05) is 45.5 Å².